The quantitative estimate of drug-likeness (QED) is 0.425. The molecule has 0 amide bonds. The van der Waals surface area contributed by atoms with E-state index >= 15 is 0 Å². The van der Waals surface area contributed by atoms with Crippen molar-refractivity contribution in [3.63, 3.8) is 0 Å². The van der Waals surface area contributed by atoms with E-state index in [0.717, 1.165) is 36.5 Å². The first-order chi connectivity index (χ1) is 13.7. The summed E-state index contributed by atoms with van der Waals surface area (Å²) in [6, 6.07) is 9.52. The third-order valence-electron chi connectivity index (χ3n) is 5.92. The Hall–Kier alpha value is -1.65. The van der Waals surface area contributed by atoms with Crippen LogP contribution in [0.25, 0.3) is 21.3 Å². The van der Waals surface area contributed by atoms with Gasteiger partial charge in [0.05, 0.1) is 5.39 Å². The van der Waals surface area contributed by atoms with E-state index in [1.807, 2.05) is 0 Å². The summed E-state index contributed by atoms with van der Waals surface area (Å²) in [5.41, 5.74) is 3.93. The Morgan fingerprint density at radius 2 is 1.86 bits per heavy atom. The molecule has 0 saturated carbocycles. The third kappa shape index (κ3) is 3.53. The molecule has 4 rings (SSSR count). The molecule has 0 spiro atoms. The maximum Gasteiger partial charge on any atom is 0.225 e. The van der Waals surface area contributed by atoms with Crippen molar-refractivity contribution in [2.45, 2.75) is 65.3 Å². The molecule has 5 heteroatoms. The zero-order valence-corrected chi connectivity index (χ0v) is 18.5. The standard InChI is InChI=1S/C23H28ClN3S/c1-4-15-10-12-16(13-11-15)19-18(6-3)28-22-20(19)21(25-23(24)26-22)27-14-8-7-9-17(27)5-2/h10-13,17H,4-9,14H2,1-3H3. The number of aryl methyl sites for hydroxylation is 2. The highest BCUT2D eigenvalue weighted by Gasteiger charge is 2.27. The molecule has 1 unspecified atom stereocenters. The van der Waals surface area contributed by atoms with Crippen molar-refractivity contribution in [1.82, 2.24) is 9.97 Å². The van der Waals surface area contributed by atoms with Gasteiger partial charge in [-0.05, 0) is 61.3 Å². The zero-order valence-electron chi connectivity index (χ0n) is 17.0. The maximum absolute atomic E-state index is 6.38. The van der Waals surface area contributed by atoms with Gasteiger partial charge in [-0.2, -0.15) is 4.98 Å². The number of hydrogen-bond donors (Lipinski definition) is 0. The third-order valence-corrected chi connectivity index (χ3v) is 7.32. The van der Waals surface area contributed by atoms with Crippen LogP contribution in [0.4, 0.5) is 5.82 Å². The summed E-state index contributed by atoms with van der Waals surface area (Å²) in [5, 5.41) is 1.55. The second-order valence-electron chi connectivity index (χ2n) is 7.55. The van der Waals surface area contributed by atoms with E-state index in [0.29, 0.717) is 11.3 Å². The van der Waals surface area contributed by atoms with Crippen molar-refractivity contribution in [2.24, 2.45) is 0 Å². The fraction of sp³-hybridized carbons (Fsp3) is 0.478. The number of nitrogens with zero attached hydrogens (tertiary/aromatic N) is 3. The molecule has 0 bridgehead atoms. The van der Waals surface area contributed by atoms with E-state index < -0.39 is 0 Å². The predicted molar refractivity (Wildman–Crippen MR) is 122 cm³/mol. The number of anilines is 1. The lowest BCUT2D eigenvalue weighted by atomic mass is 9.97. The summed E-state index contributed by atoms with van der Waals surface area (Å²) >= 11 is 8.15. The number of benzene rings is 1. The fourth-order valence-electron chi connectivity index (χ4n) is 4.38. The minimum absolute atomic E-state index is 0.361. The molecule has 0 radical (unpaired) electrons. The van der Waals surface area contributed by atoms with Gasteiger partial charge in [0.2, 0.25) is 5.28 Å². The molecule has 1 saturated heterocycles. The molecule has 1 aromatic carbocycles. The molecule has 148 valence electrons. The van der Waals surface area contributed by atoms with Crippen molar-refractivity contribution < 1.29 is 0 Å². The van der Waals surface area contributed by atoms with Gasteiger partial charge < -0.3 is 4.90 Å². The Morgan fingerprint density at radius 3 is 2.54 bits per heavy atom. The second-order valence-corrected chi connectivity index (χ2v) is 8.97. The summed E-state index contributed by atoms with van der Waals surface area (Å²) in [4.78, 5) is 14.3. The molecule has 3 nitrogen and oxygen atoms in total. The molecule has 1 aliphatic heterocycles. The number of fused-ring (bicyclic) bond motifs is 1. The Labute approximate surface area is 176 Å². The van der Waals surface area contributed by atoms with Gasteiger partial charge >= 0.3 is 0 Å². The van der Waals surface area contributed by atoms with E-state index in [-0.39, 0.29) is 0 Å². The summed E-state index contributed by atoms with van der Waals surface area (Å²) in [5.74, 6) is 1.03. The molecule has 3 aromatic rings. The zero-order chi connectivity index (χ0) is 19.7. The average molecular weight is 414 g/mol. The largest absolute Gasteiger partial charge is 0.353 e. The summed E-state index contributed by atoms with van der Waals surface area (Å²) < 4.78 is 0. The lowest BCUT2D eigenvalue weighted by Crippen LogP contribution is -2.39. The average Bonchev–Trinajstić information content (AvgIpc) is 3.11. The van der Waals surface area contributed by atoms with E-state index in [9.17, 15) is 0 Å². The van der Waals surface area contributed by atoms with Gasteiger partial charge in [0.1, 0.15) is 10.6 Å². The summed E-state index contributed by atoms with van der Waals surface area (Å²) in [6.07, 6.45) is 6.91. The number of halogens is 1. The van der Waals surface area contributed by atoms with Crippen molar-refractivity contribution in [2.75, 3.05) is 11.4 Å². The second kappa shape index (κ2) is 8.38. The van der Waals surface area contributed by atoms with Gasteiger partial charge in [-0.25, -0.2) is 4.98 Å². The van der Waals surface area contributed by atoms with E-state index in [1.165, 1.54) is 46.2 Å². The van der Waals surface area contributed by atoms with Gasteiger partial charge in [-0.3, -0.25) is 0 Å². The molecular formula is C23H28ClN3S. The highest BCUT2D eigenvalue weighted by atomic mass is 35.5. The molecule has 1 fully saturated rings. The minimum atomic E-state index is 0.361. The summed E-state index contributed by atoms with van der Waals surface area (Å²) in [6.45, 7) is 7.74. The van der Waals surface area contributed by atoms with Gasteiger partial charge in [0.15, 0.2) is 0 Å². The van der Waals surface area contributed by atoms with Crippen LogP contribution in [0.5, 0.6) is 0 Å². The highest BCUT2D eigenvalue weighted by Crippen LogP contribution is 2.44. The predicted octanol–water partition coefficient (Wildman–Crippen LogP) is 6.91. The van der Waals surface area contributed by atoms with Crippen LogP contribution in [0, 0.1) is 0 Å². The number of thiophene rings is 1. The van der Waals surface area contributed by atoms with Gasteiger partial charge in [-0.15, -0.1) is 11.3 Å². The molecular weight excluding hydrogens is 386 g/mol. The number of hydrogen-bond acceptors (Lipinski definition) is 4. The van der Waals surface area contributed by atoms with Gasteiger partial charge in [0, 0.05) is 23.0 Å². The smallest absolute Gasteiger partial charge is 0.225 e. The SMILES string of the molecule is CCc1ccc(-c2c(CC)sc3nc(Cl)nc(N4CCCCC4CC)c23)cc1. The maximum atomic E-state index is 6.38. The Bertz CT molecular complexity index is 964. The van der Waals surface area contributed by atoms with Crippen LogP contribution in [0.1, 0.15) is 56.9 Å². The van der Waals surface area contributed by atoms with Crippen LogP contribution in [0.3, 0.4) is 0 Å². The fourth-order valence-corrected chi connectivity index (χ4v) is 5.72. The first-order valence-corrected chi connectivity index (χ1v) is 11.7. The molecule has 3 heterocycles. The molecule has 2 aromatic heterocycles. The molecule has 1 atom stereocenters. The van der Waals surface area contributed by atoms with Crippen LogP contribution >= 0.6 is 22.9 Å². The number of piperidine rings is 1. The van der Waals surface area contributed by atoms with Crippen molar-refractivity contribution >= 4 is 39.0 Å². The van der Waals surface area contributed by atoms with Crippen LogP contribution in [0.2, 0.25) is 5.28 Å². The molecule has 0 aliphatic carbocycles. The van der Waals surface area contributed by atoms with Crippen molar-refractivity contribution in [3.8, 4) is 11.1 Å². The Morgan fingerprint density at radius 1 is 1.07 bits per heavy atom. The molecule has 28 heavy (non-hydrogen) atoms. The monoisotopic (exact) mass is 413 g/mol. The van der Waals surface area contributed by atoms with E-state index in [1.54, 1.807) is 11.3 Å². The number of aromatic nitrogens is 2. The topological polar surface area (TPSA) is 29.0 Å². The van der Waals surface area contributed by atoms with Gasteiger partial charge in [-0.1, -0.05) is 45.0 Å². The molecule has 1 aliphatic rings. The van der Waals surface area contributed by atoms with Crippen molar-refractivity contribution in [1.29, 1.82) is 0 Å². The minimum Gasteiger partial charge on any atom is -0.353 e. The lowest BCUT2D eigenvalue weighted by Gasteiger charge is -2.36. The first-order valence-electron chi connectivity index (χ1n) is 10.5. The van der Waals surface area contributed by atoms with E-state index in [2.05, 4.69) is 54.9 Å². The van der Waals surface area contributed by atoms with Gasteiger partial charge in [0.25, 0.3) is 0 Å². The van der Waals surface area contributed by atoms with Crippen LogP contribution in [0.15, 0.2) is 24.3 Å². The summed E-state index contributed by atoms with van der Waals surface area (Å²) in [7, 11) is 0. The lowest BCUT2D eigenvalue weighted by molar-refractivity contribution is 0.448. The van der Waals surface area contributed by atoms with E-state index in [4.69, 9.17) is 16.6 Å². The normalized spacial score (nSPS) is 17.4. The first kappa shape index (κ1) is 19.7. The van der Waals surface area contributed by atoms with Crippen LogP contribution in [-0.4, -0.2) is 22.6 Å². The van der Waals surface area contributed by atoms with Crippen LogP contribution in [-0.2, 0) is 12.8 Å². The molecule has 0 N–H and O–H groups in total. The highest BCUT2D eigenvalue weighted by molar-refractivity contribution is 7.19. The van der Waals surface area contributed by atoms with Crippen molar-refractivity contribution in [3.05, 3.63) is 40.0 Å². The Kier molecular flexibility index (Phi) is 5.88. The number of rotatable bonds is 5. The Balaban J connectivity index is 1.95. The van der Waals surface area contributed by atoms with Crippen LogP contribution < -0.4 is 4.90 Å².